The number of amides is 1. The topological polar surface area (TPSA) is 38.3 Å². The van der Waals surface area contributed by atoms with Crippen molar-refractivity contribution in [1.82, 2.24) is 0 Å². The van der Waals surface area contributed by atoms with Crippen LogP contribution in [0.2, 0.25) is 0 Å². The monoisotopic (exact) mass is 265 g/mol. The van der Waals surface area contributed by atoms with Gasteiger partial charge in [-0.1, -0.05) is 18.2 Å². The van der Waals surface area contributed by atoms with E-state index in [0.29, 0.717) is 6.61 Å². The van der Waals surface area contributed by atoms with Crippen LogP contribution in [0.15, 0.2) is 30.3 Å². The van der Waals surface area contributed by atoms with Gasteiger partial charge in [0.05, 0.1) is 19.6 Å². The second kappa shape index (κ2) is 7.79. The minimum Gasteiger partial charge on any atom is -0.443 e. The minimum absolute atomic E-state index is 0.382. The van der Waals surface area contributed by atoms with Crippen LogP contribution < -0.4 is 5.32 Å². The lowest BCUT2D eigenvalue weighted by molar-refractivity contribution is -0.923. The Hall–Kier alpha value is -1.55. The highest BCUT2D eigenvalue weighted by Gasteiger charge is 2.20. The average molecular weight is 265 g/mol. The molecule has 106 valence electrons. The number of anilines is 1. The molecule has 0 bridgehead atoms. The summed E-state index contributed by atoms with van der Waals surface area (Å²) in [4.78, 5) is 11.6. The Kier molecular flexibility index (Phi) is 6.36. The number of carbonyl (C=O) groups excluding carboxylic acids is 1. The highest BCUT2D eigenvalue weighted by atomic mass is 16.5. The van der Waals surface area contributed by atoms with Gasteiger partial charge in [0.2, 0.25) is 0 Å². The van der Waals surface area contributed by atoms with Gasteiger partial charge in [-0.15, -0.1) is 0 Å². The van der Waals surface area contributed by atoms with E-state index in [9.17, 15) is 4.79 Å². The first kappa shape index (κ1) is 15.5. The molecule has 0 fully saturated rings. The lowest BCUT2D eigenvalue weighted by Crippen LogP contribution is -2.49. The number of para-hydroxylation sites is 1. The van der Waals surface area contributed by atoms with E-state index in [0.717, 1.165) is 36.3 Å². The van der Waals surface area contributed by atoms with Crippen molar-refractivity contribution < 1.29 is 14.0 Å². The lowest BCUT2D eigenvalue weighted by Gasteiger charge is -2.35. The van der Waals surface area contributed by atoms with Gasteiger partial charge in [-0.2, -0.15) is 0 Å². The number of hydrogen-bond donors (Lipinski definition) is 1. The largest absolute Gasteiger partial charge is 0.443 e. The van der Waals surface area contributed by atoms with Crippen molar-refractivity contribution in [2.45, 2.75) is 20.8 Å². The zero-order chi connectivity index (χ0) is 14.1. The van der Waals surface area contributed by atoms with Crippen LogP contribution in [-0.4, -0.2) is 43.4 Å². The fraction of sp³-hybridized carbons (Fsp3) is 0.533. The Labute approximate surface area is 116 Å². The number of rotatable bonds is 7. The van der Waals surface area contributed by atoms with Crippen LogP contribution in [0.3, 0.4) is 0 Å². The summed E-state index contributed by atoms with van der Waals surface area (Å²) in [7, 11) is 0. The Bertz CT molecular complexity index is 367. The predicted molar refractivity (Wildman–Crippen MR) is 78.2 cm³/mol. The molecule has 0 spiro atoms. The van der Waals surface area contributed by atoms with Crippen LogP contribution in [0.1, 0.15) is 20.8 Å². The maximum atomic E-state index is 11.6. The molecule has 0 radical (unpaired) electrons. The van der Waals surface area contributed by atoms with Gasteiger partial charge in [-0.05, 0) is 32.9 Å². The summed E-state index contributed by atoms with van der Waals surface area (Å²) in [5.41, 5.74) is 0.759. The second-order valence-corrected chi connectivity index (χ2v) is 4.64. The van der Waals surface area contributed by atoms with E-state index < -0.39 is 0 Å². The van der Waals surface area contributed by atoms with Gasteiger partial charge < -0.3 is 9.22 Å². The highest BCUT2D eigenvalue weighted by molar-refractivity contribution is 5.84. The van der Waals surface area contributed by atoms with Gasteiger partial charge in [-0.3, -0.25) is 5.32 Å². The van der Waals surface area contributed by atoms with Gasteiger partial charge in [-0.25, -0.2) is 4.79 Å². The molecule has 1 rings (SSSR count). The van der Waals surface area contributed by atoms with Gasteiger partial charge in [0.15, 0.2) is 0 Å². The Balaban J connectivity index is 2.35. The van der Waals surface area contributed by atoms with Gasteiger partial charge in [0, 0.05) is 5.69 Å². The third kappa shape index (κ3) is 4.91. The fourth-order valence-corrected chi connectivity index (χ4v) is 2.15. The van der Waals surface area contributed by atoms with E-state index in [1.54, 1.807) is 0 Å². The summed E-state index contributed by atoms with van der Waals surface area (Å²) < 4.78 is 6.23. The molecule has 0 unspecified atom stereocenters. The maximum absolute atomic E-state index is 11.6. The fourth-order valence-electron chi connectivity index (χ4n) is 2.15. The molecule has 19 heavy (non-hydrogen) atoms. The second-order valence-electron chi connectivity index (χ2n) is 4.64. The predicted octanol–water partition coefficient (Wildman–Crippen LogP) is 3.11. The van der Waals surface area contributed by atoms with Crippen LogP contribution in [0.4, 0.5) is 10.5 Å². The summed E-state index contributed by atoms with van der Waals surface area (Å²) >= 11 is 0. The first-order valence-corrected chi connectivity index (χ1v) is 6.99. The molecule has 0 saturated carbocycles. The maximum Gasteiger partial charge on any atom is 0.411 e. The van der Waals surface area contributed by atoms with E-state index in [4.69, 9.17) is 4.74 Å². The Morgan fingerprint density at radius 2 is 1.68 bits per heavy atom. The molecular formula is C15H25N2O2+. The first-order chi connectivity index (χ1) is 9.15. The zero-order valence-corrected chi connectivity index (χ0v) is 12.2. The molecular weight excluding hydrogens is 240 g/mol. The molecule has 0 saturated heterocycles. The molecule has 0 aromatic heterocycles. The van der Waals surface area contributed by atoms with Crippen molar-refractivity contribution in [2.24, 2.45) is 0 Å². The summed E-state index contributed by atoms with van der Waals surface area (Å²) in [5, 5.41) is 2.71. The Morgan fingerprint density at radius 3 is 2.21 bits per heavy atom. The number of hydrogen-bond acceptors (Lipinski definition) is 2. The number of nitrogens with one attached hydrogen (secondary N) is 1. The molecule has 0 heterocycles. The highest BCUT2D eigenvalue weighted by Crippen LogP contribution is 2.07. The van der Waals surface area contributed by atoms with E-state index in [2.05, 4.69) is 26.1 Å². The van der Waals surface area contributed by atoms with Crippen LogP contribution in [0, 0.1) is 0 Å². The van der Waals surface area contributed by atoms with Crippen LogP contribution >= 0.6 is 0 Å². The standard InChI is InChI=1S/C15H24N2O2/c1-4-17(5-2,6-3)12-13-19-15(18)16-14-10-8-7-9-11-14/h7-11H,4-6,12-13H2,1-3H3/p+1. The van der Waals surface area contributed by atoms with Crippen molar-refractivity contribution in [3.63, 3.8) is 0 Å². The minimum atomic E-state index is -0.382. The van der Waals surface area contributed by atoms with Gasteiger partial charge >= 0.3 is 6.09 Å². The van der Waals surface area contributed by atoms with E-state index in [1.165, 1.54) is 0 Å². The van der Waals surface area contributed by atoms with E-state index >= 15 is 0 Å². The van der Waals surface area contributed by atoms with Gasteiger partial charge in [0.1, 0.15) is 13.2 Å². The van der Waals surface area contributed by atoms with Crippen molar-refractivity contribution in [3.05, 3.63) is 30.3 Å². The van der Waals surface area contributed by atoms with Crippen LogP contribution in [0.5, 0.6) is 0 Å². The molecule has 0 aliphatic heterocycles. The third-order valence-corrected chi connectivity index (χ3v) is 3.83. The average Bonchev–Trinajstić information content (AvgIpc) is 2.45. The number of carbonyl (C=O) groups is 1. The molecule has 1 N–H and O–H groups in total. The lowest BCUT2D eigenvalue weighted by atomic mass is 10.3. The zero-order valence-electron chi connectivity index (χ0n) is 12.2. The number of benzene rings is 1. The van der Waals surface area contributed by atoms with Crippen molar-refractivity contribution >= 4 is 11.8 Å². The SMILES string of the molecule is CC[N+](CC)(CC)CCOC(=O)Nc1ccccc1. The van der Waals surface area contributed by atoms with Crippen molar-refractivity contribution in [1.29, 1.82) is 0 Å². The normalized spacial score (nSPS) is 11.1. The number of nitrogens with zero attached hydrogens (tertiary/aromatic N) is 1. The molecule has 1 amide bonds. The molecule has 0 aliphatic rings. The molecule has 4 nitrogen and oxygen atoms in total. The molecule has 1 aromatic rings. The summed E-state index contributed by atoms with van der Waals surface area (Å²) in [5.74, 6) is 0. The van der Waals surface area contributed by atoms with E-state index in [-0.39, 0.29) is 6.09 Å². The van der Waals surface area contributed by atoms with Crippen molar-refractivity contribution in [3.8, 4) is 0 Å². The van der Waals surface area contributed by atoms with E-state index in [1.807, 2.05) is 30.3 Å². The third-order valence-electron chi connectivity index (χ3n) is 3.83. The summed E-state index contributed by atoms with van der Waals surface area (Å²) in [6.45, 7) is 11.1. The molecule has 0 aliphatic carbocycles. The Morgan fingerprint density at radius 1 is 1.11 bits per heavy atom. The quantitative estimate of drug-likeness (QED) is 0.769. The smallest absolute Gasteiger partial charge is 0.411 e. The number of quaternary nitrogens is 1. The first-order valence-electron chi connectivity index (χ1n) is 6.99. The number of likely N-dealkylation sites (N-methyl/N-ethyl adjacent to an activating group) is 1. The van der Waals surface area contributed by atoms with Gasteiger partial charge in [0.25, 0.3) is 0 Å². The summed E-state index contributed by atoms with van der Waals surface area (Å²) in [6.07, 6.45) is -0.382. The van der Waals surface area contributed by atoms with Crippen molar-refractivity contribution in [2.75, 3.05) is 38.1 Å². The molecule has 0 atom stereocenters. The molecule has 1 aromatic carbocycles. The number of ether oxygens (including phenoxy) is 1. The summed E-state index contributed by atoms with van der Waals surface area (Å²) in [6, 6.07) is 9.34. The van der Waals surface area contributed by atoms with Crippen LogP contribution in [0.25, 0.3) is 0 Å². The van der Waals surface area contributed by atoms with Crippen LogP contribution in [-0.2, 0) is 4.74 Å². The molecule has 4 heteroatoms.